The molecule has 0 bridgehead atoms. The third-order valence-corrected chi connectivity index (χ3v) is 4.63. The number of methoxy groups -OCH3 is 2. The Hall–Kier alpha value is -1.77. The van der Waals surface area contributed by atoms with E-state index in [1.807, 2.05) is 24.3 Å². The number of unbranched alkanes of at least 4 members (excludes halogenated alkanes) is 8. The Kier molecular flexibility index (Phi) is 12.3. The second-order valence-corrected chi connectivity index (χ2v) is 6.84. The molecule has 3 heteroatoms. The number of ketones is 1. The third-order valence-electron chi connectivity index (χ3n) is 4.63. The Morgan fingerprint density at radius 2 is 1.50 bits per heavy atom. The van der Waals surface area contributed by atoms with Crippen LogP contribution in [0.25, 0.3) is 0 Å². The molecule has 0 unspecified atom stereocenters. The zero-order valence-electron chi connectivity index (χ0n) is 16.9. The van der Waals surface area contributed by atoms with Gasteiger partial charge in [0.05, 0.1) is 14.2 Å². The van der Waals surface area contributed by atoms with Gasteiger partial charge in [0.15, 0.2) is 17.3 Å². The number of allylic oxidation sites excluding steroid dienone is 2. The van der Waals surface area contributed by atoms with Gasteiger partial charge in [0.2, 0.25) is 0 Å². The molecule has 26 heavy (non-hydrogen) atoms. The van der Waals surface area contributed by atoms with Gasteiger partial charge >= 0.3 is 0 Å². The van der Waals surface area contributed by atoms with E-state index in [4.69, 9.17) is 9.47 Å². The first-order valence-electron chi connectivity index (χ1n) is 10.1. The van der Waals surface area contributed by atoms with Gasteiger partial charge < -0.3 is 9.47 Å². The molecule has 0 saturated carbocycles. The van der Waals surface area contributed by atoms with Crippen molar-refractivity contribution < 1.29 is 14.3 Å². The number of rotatable bonds is 15. The molecule has 1 aromatic carbocycles. The van der Waals surface area contributed by atoms with E-state index in [-0.39, 0.29) is 5.78 Å². The zero-order valence-corrected chi connectivity index (χ0v) is 16.9. The summed E-state index contributed by atoms with van der Waals surface area (Å²) in [6, 6.07) is 5.84. The summed E-state index contributed by atoms with van der Waals surface area (Å²) in [5.74, 6) is 1.68. The van der Waals surface area contributed by atoms with Crippen LogP contribution in [0.4, 0.5) is 0 Å². The molecule has 0 fully saturated rings. The lowest BCUT2D eigenvalue weighted by Crippen LogP contribution is -1.94. The van der Waals surface area contributed by atoms with Gasteiger partial charge in [-0.15, -0.1) is 0 Å². The van der Waals surface area contributed by atoms with Gasteiger partial charge in [0.1, 0.15) is 0 Å². The Balaban J connectivity index is 2.15. The maximum atomic E-state index is 11.9. The molecule has 146 valence electrons. The minimum atomic E-state index is 0.230. The van der Waals surface area contributed by atoms with E-state index in [1.54, 1.807) is 20.3 Å². The standard InChI is InChI=1S/C23H36O3/c1-4-5-6-7-8-9-10-11-12-15-21(24)16-13-14-20-17-18-22(25-2)23(19-20)26-3/h13,16-19H,4-12,14-15H2,1-3H3. The van der Waals surface area contributed by atoms with E-state index < -0.39 is 0 Å². The second-order valence-electron chi connectivity index (χ2n) is 6.84. The van der Waals surface area contributed by atoms with Crippen molar-refractivity contribution in [3.05, 3.63) is 35.9 Å². The van der Waals surface area contributed by atoms with Crippen LogP contribution in [0.15, 0.2) is 30.4 Å². The van der Waals surface area contributed by atoms with E-state index in [0.717, 1.165) is 29.9 Å². The lowest BCUT2D eigenvalue weighted by atomic mass is 10.0. The van der Waals surface area contributed by atoms with Crippen LogP contribution in [0.2, 0.25) is 0 Å². The maximum absolute atomic E-state index is 11.9. The smallest absolute Gasteiger partial charge is 0.160 e. The molecule has 0 aliphatic carbocycles. The molecule has 0 radical (unpaired) electrons. The first kappa shape index (κ1) is 22.3. The average molecular weight is 361 g/mol. The highest BCUT2D eigenvalue weighted by molar-refractivity contribution is 5.89. The Bertz CT molecular complexity index is 534. The minimum absolute atomic E-state index is 0.230. The molecule has 0 saturated heterocycles. The molecule has 3 nitrogen and oxygen atoms in total. The van der Waals surface area contributed by atoms with Gasteiger partial charge in [-0.2, -0.15) is 0 Å². The molecular weight excluding hydrogens is 324 g/mol. The maximum Gasteiger partial charge on any atom is 0.160 e. The summed E-state index contributed by atoms with van der Waals surface area (Å²) in [6.45, 7) is 2.25. The topological polar surface area (TPSA) is 35.5 Å². The molecule has 0 heterocycles. The predicted octanol–water partition coefficient (Wildman–Crippen LogP) is 6.29. The van der Waals surface area contributed by atoms with Crippen molar-refractivity contribution in [2.45, 2.75) is 77.6 Å². The van der Waals surface area contributed by atoms with Crippen molar-refractivity contribution in [1.82, 2.24) is 0 Å². The number of hydrogen-bond donors (Lipinski definition) is 0. The van der Waals surface area contributed by atoms with Crippen LogP contribution in [0, 0.1) is 0 Å². The Labute approximate surface area is 159 Å². The van der Waals surface area contributed by atoms with Crippen LogP contribution in [-0.2, 0) is 11.2 Å². The largest absolute Gasteiger partial charge is 0.493 e. The van der Waals surface area contributed by atoms with Gasteiger partial charge in [0, 0.05) is 6.42 Å². The SMILES string of the molecule is CCCCCCCCCCCC(=O)C=CCc1ccc(OC)c(OC)c1. The monoisotopic (exact) mass is 360 g/mol. The Morgan fingerprint density at radius 3 is 2.12 bits per heavy atom. The quantitative estimate of drug-likeness (QED) is 0.272. The van der Waals surface area contributed by atoms with Crippen LogP contribution in [0.5, 0.6) is 11.5 Å². The normalized spacial score (nSPS) is 11.0. The molecule has 0 aromatic heterocycles. The van der Waals surface area contributed by atoms with E-state index in [1.165, 1.54) is 51.4 Å². The predicted molar refractivity (Wildman–Crippen MR) is 109 cm³/mol. The van der Waals surface area contributed by atoms with Gasteiger partial charge in [-0.3, -0.25) is 4.79 Å². The lowest BCUT2D eigenvalue weighted by Gasteiger charge is -2.08. The average Bonchev–Trinajstić information content (AvgIpc) is 2.66. The summed E-state index contributed by atoms with van der Waals surface area (Å²) in [4.78, 5) is 11.9. The number of ether oxygens (including phenoxy) is 2. The fraction of sp³-hybridized carbons (Fsp3) is 0.609. The van der Waals surface area contributed by atoms with Gasteiger partial charge in [-0.25, -0.2) is 0 Å². The van der Waals surface area contributed by atoms with Gasteiger partial charge in [-0.05, 0) is 36.6 Å². The lowest BCUT2D eigenvalue weighted by molar-refractivity contribution is -0.114. The van der Waals surface area contributed by atoms with E-state index in [9.17, 15) is 4.79 Å². The fourth-order valence-electron chi connectivity index (χ4n) is 3.03. The molecule has 0 amide bonds. The highest BCUT2D eigenvalue weighted by atomic mass is 16.5. The van der Waals surface area contributed by atoms with Crippen LogP contribution >= 0.6 is 0 Å². The van der Waals surface area contributed by atoms with Crippen LogP contribution in [0.3, 0.4) is 0 Å². The van der Waals surface area contributed by atoms with E-state index in [2.05, 4.69) is 6.92 Å². The molecule has 0 N–H and O–H groups in total. The molecule has 1 rings (SSSR count). The summed E-state index contributed by atoms with van der Waals surface area (Å²) in [5.41, 5.74) is 1.11. The highest BCUT2D eigenvalue weighted by Crippen LogP contribution is 2.27. The van der Waals surface area contributed by atoms with Crippen molar-refractivity contribution in [3.8, 4) is 11.5 Å². The van der Waals surface area contributed by atoms with Crippen LogP contribution in [0.1, 0.15) is 76.7 Å². The van der Waals surface area contributed by atoms with Crippen molar-refractivity contribution in [1.29, 1.82) is 0 Å². The van der Waals surface area contributed by atoms with Crippen molar-refractivity contribution in [3.63, 3.8) is 0 Å². The minimum Gasteiger partial charge on any atom is -0.493 e. The number of carbonyl (C=O) groups excluding carboxylic acids is 1. The van der Waals surface area contributed by atoms with Crippen molar-refractivity contribution in [2.24, 2.45) is 0 Å². The first-order chi connectivity index (χ1) is 12.7. The third kappa shape index (κ3) is 9.65. The van der Waals surface area contributed by atoms with Gasteiger partial charge in [0.25, 0.3) is 0 Å². The summed E-state index contributed by atoms with van der Waals surface area (Å²) in [7, 11) is 3.26. The van der Waals surface area contributed by atoms with Crippen LogP contribution < -0.4 is 9.47 Å². The molecular formula is C23H36O3. The van der Waals surface area contributed by atoms with Crippen molar-refractivity contribution in [2.75, 3.05) is 14.2 Å². The van der Waals surface area contributed by atoms with E-state index >= 15 is 0 Å². The molecule has 1 aromatic rings. The van der Waals surface area contributed by atoms with Crippen molar-refractivity contribution >= 4 is 5.78 Å². The molecule has 0 aliphatic heterocycles. The number of carbonyl (C=O) groups is 1. The molecule has 0 atom stereocenters. The van der Waals surface area contributed by atoms with E-state index in [0.29, 0.717) is 6.42 Å². The molecule has 0 spiro atoms. The zero-order chi connectivity index (χ0) is 19.0. The second kappa shape index (κ2) is 14.4. The summed E-state index contributed by atoms with van der Waals surface area (Å²) >= 11 is 0. The van der Waals surface area contributed by atoms with Gasteiger partial charge in [-0.1, -0.05) is 70.4 Å². The molecule has 0 aliphatic rings. The fourth-order valence-corrected chi connectivity index (χ4v) is 3.03. The first-order valence-corrected chi connectivity index (χ1v) is 10.1. The van der Waals surface area contributed by atoms with Crippen LogP contribution in [-0.4, -0.2) is 20.0 Å². The summed E-state index contributed by atoms with van der Waals surface area (Å²) in [5, 5.41) is 0. The highest BCUT2D eigenvalue weighted by Gasteiger charge is 2.03. The number of hydrogen-bond acceptors (Lipinski definition) is 3. The summed E-state index contributed by atoms with van der Waals surface area (Å²) < 4.78 is 10.5. The number of benzene rings is 1. The summed E-state index contributed by atoms with van der Waals surface area (Å²) in [6.07, 6.45) is 16.6. The Morgan fingerprint density at radius 1 is 0.885 bits per heavy atom.